The van der Waals surface area contributed by atoms with Gasteiger partial charge in [-0.25, -0.2) is 9.28 Å². The molecule has 104 valence electrons. The molecule has 0 aliphatic carbocycles. The molecule has 0 aromatic carbocycles. The van der Waals surface area contributed by atoms with Crippen LogP contribution in [0.1, 0.15) is 13.8 Å². The Hall–Kier alpha value is -0.650. The Kier molecular flexibility index (Phi) is 4.25. The first kappa shape index (κ1) is 13.8. The summed E-state index contributed by atoms with van der Waals surface area (Å²) in [7, 11) is 2.14. The van der Waals surface area contributed by atoms with Gasteiger partial charge in [0.25, 0.3) is 0 Å². The normalized spacial score (nSPS) is 25.4. The Morgan fingerprint density at radius 1 is 1.11 bits per heavy atom. The van der Waals surface area contributed by atoms with Crippen LogP contribution in [0.5, 0.6) is 0 Å². The number of urea groups is 1. The quantitative estimate of drug-likeness (QED) is 0.679. The number of likely N-dealkylation sites (N-methyl/N-ethyl adjacent to an activating group) is 1. The molecule has 2 saturated heterocycles. The van der Waals surface area contributed by atoms with Gasteiger partial charge in [-0.05, 0) is 20.9 Å². The fraction of sp³-hybridized carbons (Fsp3) is 0.923. The lowest BCUT2D eigenvalue weighted by Crippen LogP contribution is -2.69. The Labute approximate surface area is 110 Å². The van der Waals surface area contributed by atoms with Gasteiger partial charge in [0.2, 0.25) is 0 Å². The van der Waals surface area contributed by atoms with Crippen LogP contribution < -0.4 is 5.32 Å². The minimum Gasteiger partial charge on any atom is -0.313 e. The fourth-order valence-corrected chi connectivity index (χ4v) is 2.99. The molecule has 0 bridgehead atoms. The molecule has 0 aromatic rings. The summed E-state index contributed by atoms with van der Waals surface area (Å²) >= 11 is 0. The van der Waals surface area contributed by atoms with E-state index in [4.69, 9.17) is 0 Å². The maximum Gasteiger partial charge on any atom is 0.419 e. The molecular weight excluding hydrogens is 228 g/mol. The zero-order valence-electron chi connectivity index (χ0n) is 12.0. The van der Waals surface area contributed by atoms with Gasteiger partial charge in [0, 0.05) is 39.3 Å². The minimum absolute atomic E-state index is 0.347. The van der Waals surface area contributed by atoms with Crippen LogP contribution in [0.2, 0.25) is 0 Å². The van der Waals surface area contributed by atoms with E-state index in [0.717, 1.165) is 52.4 Å². The van der Waals surface area contributed by atoms with Gasteiger partial charge >= 0.3 is 6.03 Å². The van der Waals surface area contributed by atoms with Crippen LogP contribution in [0.15, 0.2) is 0 Å². The van der Waals surface area contributed by atoms with E-state index in [0.29, 0.717) is 16.6 Å². The van der Waals surface area contributed by atoms with Crippen molar-refractivity contribution in [3.05, 3.63) is 0 Å². The Bertz CT molecular complexity index is 291. The van der Waals surface area contributed by atoms with Gasteiger partial charge in [0.1, 0.15) is 13.1 Å². The molecule has 0 aromatic heterocycles. The number of quaternary nitrogens is 1. The van der Waals surface area contributed by atoms with E-state index >= 15 is 0 Å². The molecule has 18 heavy (non-hydrogen) atoms. The summed E-state index contributed by atoms with van der Waals surface area (Å²) in [5.74, 6) is 0. The molecule has 2 fully saturated rings. The van der Waals surface area contributed by atoms with Crippen molar-refractivity contribution in [3.63, 3.8) is 0 Å². The first-order valence-corrected chi connectivity index (χ1v) is 7.12. The summed E-state index contributed by atoms with van der Waals surface area (Å²) in [4.78, 5) is 17.3. The van der Waals surface area contributed by atoms with Crippen molar-refractivity contribution >= 4 is 6.03 Å². The van der Waals surface area contributed by atoms with E-state index in [1.165, 1.54) is 0 Å². The second kappa shape index (κ2) is 5.55. The number of hydrogen-bond acceptors (Lipinski definition) is 3. The predicted octanol–water partition coefficient (Wildman–Crippen LogP) is 0.182. The highest BCUT2D eigenvalue weighted by molar-refractivity contribution is 5.67. The van der Waals surface area contributed by atoms with Gasteiger partial charge in [0.15, 0.2) is 0 Å². The number of rotatable bonds is 1. The number of nitrogens with one attached hydrogen (secondary N) is 1. The van der Waals surface area contributed by atoms with Crippen molar-refractivity contribution in [2.75, 3.05) is 59.4 Å². The molecule has 0 spiro atoms. The summed E-state index contributed by atoms with van der Waals surface area (Å²) < 4.78 is 0.643. The van der Waals surface area contributed by atoms with Crippen molar-refractivity contribution < 1.29 is 9.28 Å². The smallest absolute Gasteiger partial charge is 0.313 e. The average molecular weight is 255 g/mol. The van der Waals surface area contributed by atoms with Crippen LogP contribution in [-0.2, 0) is 0 Å². The van der Waals surface area contributed by atoms with Crippen LogP contribution >= 0.6 is 0 Å². The van der Waals surface area contributed by atoms with Crippen LogP contribution in [0.4, 0.5) is 4.79 Å². The first-order valence-electron chi connectivity index (χ1n) is 7.12. The first-order chi connectivity index (χ1) is 8.56. The zero-order chi connectivity index (χ0) is 13.2. The molecule has 2 aliphatic heterocycles. The van der Waals surface area contributed by atoms with Crippen molar-refractivity contribution in [2.24, 2.45) is 0 Å². The van der Waals surface area contributed by atoms with Crippen LogP contribution in [0.3, 0.4) is 0 Å². The van der Waals surface area contributed by atoms with Crippen molar-refractivity contribution in [1.29, 1.82) is 0 Å². The van der Waals surface area contributed by atoms with Crippen LogP contribution in [0.25, 0.3) is 0 Å². The molecule has 2 aliphatic rings. The molecule has 0 atom stereocenters. The van der Waals surface area contributed by atoms with E-state index in [1.807, 2.05) is 0 Å². The SMILES string of the molecule is CC(C)[N+]1(C(=O)N2CCNCC2)CCN(C)CC1. The van der Waals surface area contributed by atoms with Gasteiger partial charge in [-0.15, -0.1) is 0 Å². The van der Waals surface area contributed by atoms with Gasteiger partial charge in [0.05, 0.1) is 6.04 Å². The summed E-state index contributed by atoms with van der Waals surface area (Å²) in [5, 5.41) is 3.31. The van der Waals surface area contributed by atoms with Gasteiger partial charge in [-0.3, -0.25) is 9.80 Å². The molecule has 1 N–H and O–H groups in total. The molecule has 0 saturated carbocycles. The third kappa shape index (κ3) is 2.53. The number of nitrogens with zero attached hydrogens (tertiary/aromatic N) is 3. The Morgan fingerprint density at radius 2 is 1.67 bits per heavy atom. The third-order valence-electron chi connectivity index (χ3n) is 4.52. The maximum absolute atomic E-state index is 12.9. The number of carbonyl (C=O) groups excluding carboxylic acids is 1. The minimum atomic E-state index is 0.347. The lowest BCUT2D eigenvalue weighted by Gasteiger charge is -2.46. The molecule has 2 amide bonds. The van der Waals surface area contributed by atoms with Crippen molar-refractivity contribution in [1.82, 2.24) is 15.1 Å². The van der Waals surface area contributed by atoms with Crippen LogP contribution in [0, 0.1) is 0 Å². The fourth-order valence-electron chi connectivity index (χ4n) is 2.99. The predicted molar refractivity (Wildman–Crippen MR) is 72.5 cm³/mol. The van der Waals surface area contributed by atoms with Crippen molar-refractivity contribution in [3.8, 4) is 0 Å². The average Bonchev–Trinajstić information content (AvgIpc) is 2.40. The highest BCUT2D eigenvalue weighted by Gasteiger charge is 2.45. The molecule has 5 nitrogen and oxygen atoms in total. The number of hydrogen-bond donors (Lipinski definition) is 1. The largest absolute Gasteiger partial charge is 0.419 e. The second-order valence-corrected chi connectivity index (χ2v) is 5.90. The standard InChI is InChI=1S/C13H27N4O/c1-12(2)17(10-8-15(3)9-11-17)13(18)16-6-4-14-5-7-16/h12,14H,4-11H2,1-3H3/q+1. The molecule has 2 rings (SSSR count). The highest BCUT2D eigenvalue weighted by Crippen LogP contribution is 2.21. The van der Waals surface area contributed by atoms with E-state index in [-0.39, 0.29) is 0 Å². The van der Waals surface area contributed by atoms with Gasteiger partial charge < -0.3 is 5.32 Å². The van der Waals surface area contributed by atoms with E-state index in [1.54, 1.807) is 0 Å². The Morgan fingerprint density at radius 3 is 2.17 bits per heavy atom. The lowest BCUT2D eigenvalue weighted by molar-refractivity contribution is -0.879. The van der Waals surface area contributed by atoms with E-state index in [9.17, 15) is 4.79 Å². The summed E-state index contributed by atoms with van der Waals surface area (Å²) in [6.07, 6.45) is 0. The topological polar surface area (TPSA) is 35.6 Å². The molecule has 2 heterocycles. The van der Waals surface area contributed by atoms with E-state index < -0.39 is 0 Å². The number of piperazine rings is 2. The molecule has 0 unspecified atom stereocenters. The maximum atomic E-state index is 12.9. The lowest BCUT2D eigenvalue weighted by atomic mass is 10.1. The number of carbonyl (C=O) groups is 1. The molecule has 0 radical (unpaired) electrons. The van der Waals surface area contributed by atoms with Gasteiger partial charge in [-0.1, -0.05) is 0 Å². The number of amides is 2. The molecule has 5 heteroatoms. The summed E-state index contributed by atoms with van der Waals surface area (Å²) in [5.41, 5.74) is 0. The van der Waals surface area contributed by atoms with Gasteiger partial charge in [-0.2, -0.15) is 0 Å². The summed E-state index contributed by atoms with van der Waals surface area (Å²) in [6, 6.07) is 0.723. The third-order valence-corrected chi connectivity index (χ3v) is 4.52. The Balaban J connectivity index is 2.11. The summed E-state index contributed by atoms with van der Waals surface area (Å²) in [6.45, 7) is 11.9. The second-order valence-electron chi connectivity index (χ2n) is 5.90. The zero-order valence-corrected chi connectivity index (χ0v) is 12.0. The van der Waals surface area contributed by atoms with E-state index in [2.05, 4.69) is 36.0 Å². The monoisotopic (exact) mass is 255 g/mol. The molecular formula is C13H27N4O+. The van der Waals surface area contributed by atoms with Crippen molar-refractivity contribution in [2.45, 2.75) is 19.9 Å². The van der Waals surface area contributed by atoms with Crippen LogP contribution in [-0.4, -0.2) is 85.8 Å². The highest BCUT2D eigenvalue weighted by atomic mass is 16.2.